The van der Waals surface area contributed by atoms with E-state index in [1.54, 1.807) is 20.8 Å². The Morgan fingerprint density at radius 2 is 2.00 bits per heavy atom. The van der Waals surface area contributed by atoms with Crippen LogP contribution in [-0.4, -0.2) is 43.6 Å². The first-order valence-electron chi connectivity index (χ1n) is 8.34. The van der Waals surface area contributed by atoms with Crippen LogP contribution in [0, 0.1) is 13.8 Å². The number of aromatic nitrogens is 5. The minimum absolute atomic E-state index is 0.0967. The molecule has 0 aliphatic rings. The van der Waals surface area contributed by atoms with E-state index in [9.17, 15) is 9.59 Å². The molecule has 0 atom stereocenters. The number of tetrazole rings is 1. The standard InChI is InChI=1S/C18H18BrN5O3/c1-4-27-18(26)15-10(2)16(20-11(15)3)14(25)9-24-22-17(21-23-24)12-7-5-6-8-13(12)19/h5-8,20H,4,9H2,1-3H3. The van der Waals surface area contributed by atoms with Crippen LogP contribution in [0.3, 0.4) is 0 Å². The van der Waals surface area contributed by atoms with Crippen LogP contribution in [0.25, 0.3) is 11.4 Å². The second-order valence-corrected chi connectivity index (χ2v) is 6.75. The van der Waals surface area contributed by atoms with E-state index >= 15 is 0 Å². The number of carbonyl (C=O) groups is 2. The number of ketones is 1. The maximum atomic E-state index is 12.7. The Kier molecular flexibility index (Phi) is 5.50. The number of hydrogen-bond donors (Lipinski definition) is 1. The van der Waals surface area contributed by atoms with Gasteiger partial charge in [0.05, 0.1) is 17.9 Å². The maximum absolute atomic E-state index is 12.7. The van der Waals surface area contributed by atoms with Crippen LogP contribution in [0.5, 0.6) is 0 Å². The van der Waals surface area contributed by atoms with Gasteiger partial charge in [-0.25, -0.2) is 4.79 Å². The highest BCUT2D eigenvalue weighted by Gasteiger charge is 2.23. The Labute approximate surface area is 164 Å². The highest BCUT2D eigenvalue weighted by Crippen LogP contribution is 2.24. The van der Waals surface area contributed by atoms with Gasteiger partial charge in [-0.15, -0.1) is 10.2 Å². The van der Waals surface area contributed by atoms with Crippen molar-refractivity contribution in [3.05, 3.63) is 51.3 Å². The van der Waals surface area contributed by atoms with Gasteiger partial charge >= 0.3 is 5.97 Å². The van der Waals surface area contributed by atoms with Crippen LogP contribution < -0.4 is 0 Å². The third kappa shape index (κ3) is 3.82. The molecule has 3 aromatic rings. The molecular formula is C18H18BrN5O3. The number of aromatic amines is 1. The molecule has 0 aliphatic carbocycles. The van der Waals surface area contributed by atoms with Crippen LogP contribution in [0.2, 0.25) is 0 Å². The van der Waals surface area contributed by atoms with Gasteiger partial charge in [0.1, 0.15) is 6.54 Å². The summed E-state index contributed by atoms with van der Waals surface area (Å²) in [6.45, 7) is 5.35. The third-order valence-electron chi connectivity index (χ3n) is 4.05. The lowest BCUT2D eigenvalue weighted by Gasteiger charge is -2.02. The first kappa shape index (κ1) is 19.0. The summed E-state index contributed by atoms with van der Waals surface area (Å²) < 4.78 is 5.89. The van der Waals surface area contributed by atoms with Gasteiger partial charge in [-0.1, -0.05) is 28.1 Å². The topological polar surface area (TPSA) is 103 Å². The SMILES string of the molecule is CCOC(=O)c1c(C)[nH]c(C(=O)Cn2nnc(-c3ccccc3Br)n2)c1C. The predicted octanol–water partition coefficient (Wildman–Crippen LogP) is 3.11. The van der Waals surface area contributed by atoms with Crippen molar-refractivity contribution in [1.82, 2.24) is 25.2 Å². The Bertz CT molecular complexity index is 1010. The second kappa shape index (κ2) is 7.83. The number of nitrogens with one attached hydrogen (secondary N) is 1. The quantitative estimate of drug-likeness (QED) is 0.474. The van der Waals surface area contributed by atoms with Gasteiger partial charge in [-0.05, 0) is 43.7 Å². The third-order valence-corrected chi connectivity index (χ3v) is 4.74. The van der Waals surface area contributed by atoms with Crippen LogP contribution in [0.15, 0.2) is 28.7 Å². The predicted molar refractivity (Wildman–Crippen MR) is 102 cm³/mol. The average molecular weight is 432 g/mol. The normalized spacial score (nSPS) is 10.8. The molecule has 0 unspecified atom stereocenters. The molecule has 9 heteroatoms. The van der Waals surface area contributed by atoms with E-state index in [2.05, 4.69) is 36.3 Å². The summed E-state index contributed by atoms with van der Waals surface area (Å²) >= 11 is 3.44. The molecule has 0 radical (unpaired) electrons. The number of aryl methyl sites for hydroxylation is 1. The fraction of sp³-hybridized carbons (Fsp3) is 0.278. The van der Waals surface area contributed by atoms with Crippen molar-refractivity contribution in [2.75, 3.05) is 6.61 Å². The summed E-state index contributed by atoms with van der Waals surface area (Å²) in [6, 6.07) is 7.49. The molecule has 0 aliphatic heterocycles. The van der Waals surface area contributed by atoms with Gasteiger partial charge in [-0.2, -0.15) is 4.80 Å². The second-order valence-electron chi connectivity index (χ2n) is 5.89. The molecule has 8 nitrogen and oxygen atoms in total. The molecule has 0 bridgehead atoms. The molecule has 2 heterocycles. The molecule has 0 spiro atoms. The van der Waals surface area contributed by atoms with Crippen molar-refractivity contribution in [3.8, 4) is 11.4 Å². The number of nitrogens with zero attached hydrogens (tertiary/aromatic N) is 4. The molecule has 0 saturated heterocycles. The molecule has 140 valence electrons. The van der Waals surface area contributed by atoms with E-state index in [-0.39, 0.29) is 18.9 Å². The zero-order chi connectivity index (χ0) is 19.6. The lowest BCUT2D eigenvalue weighted by atomic mass is 10.1. The molecule has 1 aromatic carbocycles. The summed E-state index contributed by atoms with van der Waals surface area (Å²) in [7, 11) is 0. The number of carbonyl (C=O) groups excluding carboxylic acids is 2. The number of benzene rings is 1. The number of rotatable bonds is 6. The Morgan fingerprint density at radius 3 is 2.70 bits per heavy atom. The number of Topliss-reactive ketones (excluding diaryl/α,β-unsaturated/α-hetero) is 1. The van der Waals surface area contributed by atoms with Crippen LogP contribution in [-0.2, 0) is 11.3 Å². The van der Waals surface area contributed by atoms with E-state index < -0.39 is 5.97 Å². The van der Waals surface area contributed by atoms with E-state index in [4.69, 9.17) is 4.74 Å². The van der Waals surface area contributed by atoms with Crippen LogP contribution >= 0.6 is 15.9 Å². The Morgan fingerprint density at radius 1 is 1.26 bits per heavy atom. The fourth-order valence-electron chi connectivity index (χ4n) is 2.81. The monoisotopic (exact) mass is 431 g/mol. The molecule has 2 aromatic heterocycles. The van der Waals surface area contributed by atoms with E-state index in [0.717, 1.165) is 10.0 Å². The molecule has 0 fully saturated rings. The van der Waals surface area contributed by atoms with Crippen molar-refractivity contribution < 1.29 is 14.3 Å². The largest absolute Gasteiger partial charge is 0.462 e. The summed E-state index contributed by atoms with van der Waals surface area (Å²) in [5.74, 6) is -0.276. The number of ether oxygens (including phenoxy) is 1. The highest BCUT2D eigenvalue weighted by atomic mass is 79.9. The van der Waals surface area contributed by atoms with Gasteiger partial charge in [0.25, 0.3) is 0 Å². The van der Waals surface area contributed by atoms with Gasteiger partial charge in [-0.3, -0.25) is 4.79 Å². The molecule has 1 N–H and O–H groups in total. The molecule has 0 saturated carbocycles. The van der Waals surface area contributed by atoms with Gasteiger partial charge in [0.2, 0.25) is 11.6 Å². The van der Waals surface area contributed by atoms with Gasteiger partial charge < -0.3 is 9.72 Å². The molecular weight excluding hydrogens is 414 g/mol. The lowest BCUT2D eigenvalue weighted by molar-refractivity contribution is 0.0525. The smallest absolute Gasteiger partial charge is 0.340 e. The number of hydrogen-bond acceptors (Lipinski definition) is 6. The summed E-state index contributed by atoms with van der Waals surface area (Å²) in [4.78, 5) is 29.0. The minimum atomic E-state index is -0.446. The average Bonchev–Trinajstić information content (AvgIpc) is 3.19. The summed E-state index contributed by atoms with van der Waals surface area (Å²) in [5.41, 5.74) is 2.67. The van der Waals surface area contributed by atoms with Crippen molar-refractivity contribution in [3.63, 3.8) is 0 Å². The van der Waals surface area contributed by atoms with E-state index in [0.29, 0.717) is 28.3 Å². The summed E-state index contributed by atoms with van der Waals surface area (Å²) in [5, 5.41) is 12.2. The van der Waals surface area contributed by atoms with Gasteiger partial charge in [0, 0.05) is 15.7 Å². The van der Waals surface area contributed by atoms with Crippen molar-refractivity contribution >= 4 is 27.7 Å². The van der Waals surface area contributed by atoms with Crippen molar-refractivity contribution in [2.45, 2.75) is 27.3 Å². The van der Waals surface area contributed by atoms with E-state index in [1.165, 1.54) is 4.80 Å². The maximum Gasteiger partial charge on any atom is 0.340 e. The highest BCUT2D eigenvalue weighted by molar-refractivity contribution is 9.10. The summed E-state index contributed by atoms with van der Waals surface area (Å²) in [6.07, 6.45) is 0. The molecule has 3 rings (SSSR count). The fourth-order valence-corrected chi connectivity index (χ4v) is 3.27. The van der Waals surface area contributed by atoms with Crippen LogP contribution in [0.1, 0.15) is 39.0 Å². The van der Waals surface area contributed by atoms with Crippen molar-refractivity contribution in [1.29, 1.82) is 0 Å². The lowest BCUT2D eigenvalue weighted by Crippen LogP contribution is -2.15. The van der Waals surface area contributed by atoms with E-state index in [1.807, 2.05) is 24.3 Å². The zero-order valence-corrected chi connectivity index (χ0v) is 16.7. The first-order valence-corrected chi connectivity index (χ1v) is 9.13. The molecule has 0 amide bonds. The Hall–Kier alpha value is -2.81. The van der Waals surface area contributed by atoms with Crippen molar-refractivity contribution in [2.24, 2.45) is 0 Å². The Balaban J connectivity index is 1.82. The number of H-pyrrole nitrogens is 1. The van der Waals surface area contributed by atoms with Gasteiger partial charge in [0.15, 0.2) is 0 Å². The first-order chi connectivity index (χ1) is 12.9. The number of esters is 1. The number of halogens is 1. The van der Waals surface area contributed by atoms with Crippen LogP contribution in [0.4, 0.5) is 0 Å². The zero-order valence-electron chi connectivity index (χ0n) is 15.1. The minimum Gasteiger partial charge on any atom is -0.462 e. The molecule has 27 heavy (non-hydrogen) atoms.